The fourth-order valence-electron chi connectivity index (χ4n) is 1.76. The van der Waals surface area contributed by atoms with E-state index in [1.54, 1.807) is 12.1 Å². The van der Waals surface area contributed by atoms with Gasteiger partial charge in [-0.3, -0.25) is 4.98 Å². The number of hydrogen-bond acceptors (Lipinski definition) is 3. The molecule has 1 N–H and O–H groups in total. The molecule has 0 aliphatic rings. The normalized spacial score (nSPS) is 10.5. The minimum atomic E-state index is -0.350. The van der Waals surface area contributed by atoms with Crippen LogP contribution in [-0.4, -0.2) is 12.0 Å². The molecule has 0 aliphatic heterocycles. The van der Waals surface area contributed by atoms with E-state index in [0.29, 0.717) is 6.54 Å². The van der Waals surface area contributed by atoms with Crippen molar-refractivity contribution < 1.29 is 9.13 Å². The summed E-state index contributed by atoms with van der Waals surface area (Å²) in [6.45, 7) is 2.86. The van der Waals surface area contributed by atoms with Gasteiger partial charge in [0.1, 0.15) is 6.61 Å². The fraction of sp³-hybridized carbons (Fsp3) is 0.267. The van der Waals surface area contributed by atoms with Crippen molar-refractivity contribution in [3.63, 3.8) is 0 Å². The lowest BCUT2D eigenvalue weighted by Gasteiger charge is -2.08. The molecule has 0 amide bonds. The van der Waals surface area contributed by atoms with Gasteiger partial charge in [0.15, 0.2) is 11.6 Å². The average molecular weight is 260 g/mol. The Hall–Kier alpha value is -1.94. The minimum Gasteiger partial charge on any atom is -0.484 e. The second-order valence-corrected chi connectivity index (χ2v) is 4.37. The molecule has 1 heterocycles. The summed E-state index contributed by atoms with van der Waals surface area (Å²) in [5.41, 5.74) is 2.69. The van der Waals surface area contributed by atoms with Crippen molar-refractivity contribution in [1.29, 1.82) is 0 Å². The first-order valence-corrected chi connectivity index (χ1v) is 6.17. The minimum absolute atomic E-state index is 0.262. The molecule has 2 aromatic rings. The zero-order valence-electron chi connectivity index (χ0n) is 11.1. The number of aromatic nitrogens is 1. The zero-order chi connectivity index (χ0) is 13.7. The Bertz CT molecular complexity index is 558. The maximum Gasteiger partial charge on any atom is 0.165 e. The maximum absolute atomic E-state index is 13.5. The quantitative estimate of drug-likeness (QED) is 0.897. The lowest BCUT2D eigenvalue weighted by atomic mass is 10.2. The Morgan fingerprint density at radius 2 is 2.00 bits per heavy atom. The van der Waals surface area contributed by atoms with E-state index in [9.17, 15) is 4.39 Å². The molecule has 1 aromatic heterocycles. The molecule has 0 spiro atoms. The van der Waals surface area contributed by atoms with Gasteiger partial charge < -0.3 is 10.1 Å². The molecule has 0 fully saturated rings. The molecule has 0 atom stereocenters. The van der Waals surface area contributed by atoms with Crippen LogP contribution in [0.2, 0.25) is 0 Å². The molecule has 3 nitrogen and oxygen atoms in total. The van der Waals surface area contributed by atoms with Gasteiger partial charge in [-0.25, -0.2) is 4.39 Å². The maximum atomic E-state index is 13.5. The molecule has 0 saturated heterocycles. The summed E-state index contributed by atoms with van der Waals surface area (Å²) in [6, 6.07) is 10.5. The number of nitrogens with zero attached hydrogens (tertiary/aromatic N) is 1. The molecule has 4 heteroatoms. The summed E-state index contributed by atoms with van der Waals surface area (Å²) in [5, 5.41) is 3.04. The number of aryl methyl sites for hydroxylation is 1. The van der Waals surface area contributed by atoms with Crippen LogP contribution in [0, 0.1) is 12.7 Å². The van der Waals surface area contributed by atoms with Gasteiger partial charge in [0.25, 0.3) is 0 Å². The molecule has 0 unspecified atom stereocenters. The van der Waals surface area contributed by atoms with Crippen LogP contribution in [0.1, 0.15) is 17.0 Å². The smallest absolute Gasteiger partial charge is 0.165 e. The predicted molar refractivity (Wildman–Crippen MR) is 72.5 cm³/mol. The molecule has 19 heavy (non-hydrogen) atoms. The lowest BCUT2D eigenvalue weighted by molar-refractivity contribution is 0.285. The number of nitrogens with one attached hydrogen (secondary N) is 1. The number of benzene rings is 1. The summed E-state index contributed by atoms with van der Waals surface area (Å²) < 4.78 is 19.0. The molecule has 0 bridgehead atoms. The first kappa shape index (κ1) is 13.5. The molecule has 100 valence electrons. The predicted octanol–water partition coefficient (Wildman–Crippen LogP) is 2.83. The lowest BCUT2D eigenvalue weighted by Crippen LogP contribution is -2.08. The Labute approximate surface area is 112 Å². The third kappa shape index (κ3) is 3.76. The molecule has 0 aliphatic carbocycles. The van der Waals surface area contributed by atoms with E-state index in [1.165, 1.54) is 6.07 Å². The van der Waals surface area contributed by atoms with Crippen LogP contribution in [-0.2, 0) is 13.2 Å². The van der Waals surface area contributed by atoms with Gasteiger partial charge >= 0.3 is 0 Å². The number of pyridine rings is 1. The third-order valence-corrected chi connectivity index (χ3v) is 2.68. The van der Waals surface area contributed by atoms with Crippen molar-refractivity contribution in [3.05, 3.63) is 59.2 Å². The van der Waals surface area contributed by atoms with Crippen molar-refractivity contribution in [2.45, 2.75) is 20.1 Å². The van der Waals surface area contributed by atoms with E-state index in [-0.39, 0.29) is 18.2 Å². The van der Waals surface area contributed by atoms with Gasteiger partial charge in [-0.1, -0.05) is 12.1 Å². The summed E-state index contributed by atoms with van der Waals surface area (Å²) in [4.78, 5) is 4.42. The summed E-state index contributed by atoms with van der Waals surface area (Å²) >= 11 is 0. The molecule has 0 saturated carbocycles. The van der Waals surface area contributed by atoms with E-state index < -0.39 is 0 Å². The van der Waals surface area contributed by atoms with Crippen molar-refractivity contribution in [1.82, 2.24) is 10.3 Å². The highest BCUT2D eigenvalue weighted by molar-refractivity contribution is 5.29. The van der Waals surface area contributed by atoms with E-state index in [4.69, 9.17) is 4.74 Å². The van der Waals surface area contributed by atoms with Crippen LogP contribution in [0.15, 0.2) is 36.4 Å². The molecule has 2 rings (SSSR count). The van der Waals surface area contributed by atoms with Gasteiger partial charge in [0.2, 0.25) is 0 Å². The van der Waals surface area contributed by atoms with Crippen molar-refractivity contribution in [3.8, 4) is 5.75 Å². The van der Waals surface area contributed by atoms with E-state index >= 15 is 0 Å². The number of hydrogen-bond donors (Lipinski definition) is 1. The third-order valence-electron chi connectivity index (χ3n) is 2.68. The Morgan fingerprint density at radius 1 is 1.21 bits per heavy atom. The topological polar surface area (TPSA) is 34.1 Å². The van der Waals surface area contributed by atoms with Gasteiger partial charge in [0, 0.05) is 6.54 Å². The summed E-state index contributed by atoms with van der Waals surface area (Å²) in [6.07, 6.45) is 0. The standard InChI is InChI=1S/C15H17FN2O/c1-11-6-7-14(16)15(8-11)19-10-13-5-3-4-12(18-13)9-17-2/h3-8,17H,9-10H2,1-2H3. The Kier molecular flexibility index (Phi) is 4.47. The fourth-order valence-corrected chi connectivity index (χ4v) is 1.76. The Morgan fingerprint density at radius 3 is 2.79 bits per heavy atom. The number of ether oxygens (including phenoxy) is 1. The van der Waals surface area contributed by atoms with Crippen molar-refractivity contribution >= 4 is 0 Å². The molecule has 0 radical (unpaired) electrons. The van der Waals surface area contributed by atoms with E-state index in [1.807, 2.05) is 32.2 Å². The number of rotatable bonds is 5. The van der Waals surface area contributed by atoms with Crippen LogP contribution in [0.5, 0.6) is 5.75 Å². The van der Waals surface area contributed by atoms with Crippen LogP contribution in [0.25, 0.3) is 0 Å². The van der Waals surface area contributed by atoms with Gasteiger partial charge in [0.05, 0.1) is 11.4 Å². The highest BCUT2D eigenvalue weighted by atomic mass is 19.1. The van der Waals surface area contributed by atoms with Gasteiger partial charge in [-0.05, 0) is 43.8 Å². The van der Waals surface area contributed by atoms with Crippen molar-refractivity contribution in [2.75, 3.05) is 7.05 Å². The van der Waals surface area contributed by atoms with Crippen LogP contribution in [0.4, 0.5) is 4.39 Å². The number of halogens is 1. The Balaban J connectivity index is 2.05. The van der Waals surface area contributed by atoms with Gasteiger partial charge in [-0.2, -0.15) is 0 Å². The largest absolute Gasteiger partial charge is 0.484 e. The zero-order valence-corrected chi connectivity index (χ0v) is 11.1. The first-order chi connectivity index (χ1) is 9.19. The highest BCUT2D eigenvalue weighted by Crippen LogP contribution is 2.19. The molecular formula is C15H17FN2O. The SMILES string of the molecule is CNCc1cccc(COc2cc(C)ccc2F)n1. The van der Waals surface area contributed by atoms with E-state index in [2.05, 4.69) is 10.3 Å². The van der Waals surface area contributed by atoms with Crippen LogP contribution < -0.4 is 10.1 Å². The highest BCUT2D eigenvalue weighted by Gasteiger charge is 2.04. The van der Waals surface area contributed by atoms with Gasteiger partial charge in [-0.15, -0.1) is 0 Å². The first-order valence-electron chi connectivity index (χ1n) is 6.17. The molecule has 1 aromatic carbocycles. The summed E-state index contributed by atoms with van der Waals surface area (Å²) in [7, 11) is 1.87. The second kappa shape index (κ2) is 6.29. The summed E-state index contributed by atoms with van der Waals surface area (Å²) in [5.74, 6) is -0.0854. The molecular weight excluding hydrogens is 243 g/mol. The van der Waals surface area contributed by atoms with Crippen LogP contribution >= 0.6 is 0 Å². The monoisotopic (exact) mass is 260 g/mol. The average Bonchev–Trinajstić information content (AvgIpc) is 2.41. The van der Waals surface area contributed by atoms with Crippen molar-refractivity contribution in [2.24, 2.45) is 0 Å². The second-order valence-electron chi connectivity index (χ2n) is 4.37. The van der Waals surface area contributed by atoms with E-state index in [0.717, 1.165) is 17.0 Å². The van der Waals surface area contributed by atoms with Crippen LogP contribution in [0.3, 0.4) is 0 Å².